The lowest BCUT2D eigenvalue weighted by Crippen LogP contribution is -2.18. The van der Waals surface area contributed by atoms with Crippen LogP contribution in [0.4, 0.5) is 8.78 Å². The van der Waals surface area contributed by atoms with Crippen molar-refractivity contribution in [3.63, 3.8) is 0 Å². The first-order valence-electron chi connectivity index (χ1n) is 6.94. The second-order valence-electron chi connectivity index (χ2n) is 5.39. The molecule has 0 spiro atoms. The number of halogens is 2. The molecule has 3 rings (SSSR count). The van der Waals surface area contributed by atoms with E-state index in [1.54, 1.807) is 0 Å². The van der Waals surface area contributed by atoms with Crippen LogP contribution in [0, 0.1) is 11.6 Å². The summed E-state index contributed by atoms with van der Waals surface area (Å²) in [6, 6.07) is 9.52. The first-order chi connectivity index (χ1) is 9.65. The van der Waals surface area contributed by atoms with Crippen LogP contribution < -0.4 is 5.32 Å². The molecule has 0 saturated carbocycles. The zero-order valence-corrected chi connectivity index (χ0v) is 11.4. The molecule has 0 unspecified atom stereocenters. The summed E-state index contributed by atoms with van der Waals surface area (Å²) >= 11 is 0. The Bertz CT molecular complexity index is 637. The van der Waals surface area contributed by atoms with Crippen molar-refractivity contribution >= 4 is 0 Å². The molecule has 2 aromatic rings. The van der Waals surface area contributed by atoms with Crippen molar-refractivity contribution in [2.75, 3.05) is 13.1 Å². The van der Waals surface area contributed by atoms with Crippen molar-refractivity contribution in [3.05, 3.63) is 59.2 Å². The highest BCUT2D eigenvalue weighted by Crippen LogP contribution is 2.30. The Kier molecular flexibility index (Phi) is 3.53. The fourth-order valence-corrected chi connectivity index (χ4v) is 2.82. The minimum atomic E-state index is -0.411. The second kappa shape index (κ2) is 5.33. The van der Waals surface area contributed by atoms with Crippen molar-refractivity contribution in [2.45, 2.75) is 19.3 Å². The van der Waals surface area contributed by atoms with Crippen LogP contribution in [0.3, 0.4) is 0 Å². The predicted molar refractivity (Wildman–Crippen MR) is 76.8 cm³/mol. The predicted octanol–water partition coefficient (Wildman–Crippen LogP) is 3.88. The molecule has 0 aliphatic carbocycles. The summed E-state index contributed by atoms with van der Waals surface area (Å²) < 4.78 is 27.2. The fourth-order valence-electron chi connectivity index (χ4n) is 2.82. The van der Waals surface area contributed by atoms with Gasteiger partial charge in [0.2, 0.25) is 0 Å². The smallest absolute Gasteiger partial charge is 0.131 e. The SMILES string of the molecule is C[C@@H]1CNCCc2ccc(-c3cc(F)ccc3F)cc21. The molecule has 0 aromatic heterocycles. The molecule has 20 heavy (non-hydrogen) atoms. The topological polar surface area (TPSA) is 12.0 Å². The molecule has 3 heteroatoms. The first-order valence-corrected chi connectivity index (χ1v) is 6.94. The third-order valence-corrected chi connectivity index (χ3v) is 3.94. The lowest BCUT2D eigenvalue weighted by Gasteiger charge is -2.14. The van der Waals surface area contributed by atoms with Crippen LogP contribution in [0.5, 0.6) is 0 Å². The van der Waals surface area contributed by atoms with Gasteiger partial charge in [0.1, 0.15) is 11.6 Å². The van der Waals surface area contributed by atoms with Crippen molar-refractivity contribution in [2.24, 2.45) is 0 Å². The van der Waals surface area contributed by atoms with E-state index in [2.05, 4.69) is 12.2 Å². The molecule has 1 atom stereocenters. The maximum atomic E-state index is 13.9. The highest BCUT2D eigenvalue weighted by atomic mass is 19.1. The minimum Gasteiger partial charge on any atom is -0.316 e. The summed E-state index contributed by atoms with van der Waals surface area (Å²) in [5.41, 5.74) is 3.60. The van der Waals surface area contributed by atoms with Gasteiger partial charge < -0.3 is 5.32 Å². The Hall–Kier alpha value is -1.74. The maximum absolute atomic E-state index is 13.9. The molecule has 1 N–H and O–H groups in total. The van der Waals surface area contributed by atoms with E-state index in [1.807, 2.05) is 18.2 Å². The Balaban J connectivity index is 2.09. The molecule has 1 aliphatic rings. The van der Waals surface area contributed by atoms with E-state index in [9.17, 15) is 8.78 Å². The van der Waals surface area contributed by atoms with E-state index in [0.29, 0.717) is 11.5 Å². The first kappa shape index (κ1) is 13.3. The molecule has 104 valence electrons. The number of rotatable bonds is 1. The lowest BCUT2D eigenvalue weighted by molar-refractivity contribution is 0.603. The van der Waals surface area contributed by atoms with Crippen LogP contribution in [0.1, 0.15) is 24.0 Å². The monoisotopic (exact) mass is 273 g/mol. The average Bonchev–Trinajstić information content (AvgIpc) is 2.63. The van der Waals surface area contributed by atoms with E-state index in [1.165, 1.54) is 23.3 Å². The summed E-state index contributed by atoms with van der Waals surface area (Å²) in [6.07, 6.45) is 0.978. The van der Waals surface area contributed by atoms with E-state index < -0.39 is 5.82 Å². The molecule has 0 saturated heterocycles. The van der Waals surface area contributed by atoms with E-state index in [0.717, 1.165) is 31.1 Å². The van der Waals surface area contributed by atoms with Gasteiger partial charge in [0.25, 0.3) is 0 Å². The van der Waals surface area contributed by atoms with E-state index in [-0.39, 0.29) is 5.82 Å². The Morgan fingerprint density at radius 3 is 2.80 bits per heavy atom. The molecular weight excluding hydrogens is 256 g/mol. The van der Waals surface area contributed by atoms with Gasteiger partial charge in [-0.1, -0.05) is 25.1 Å². The van der Waals surface area contributed by atoms with Crippen LogP contribution in [-0.2, 0) is 6.42 Å². The van der Waals surface area contributed by atoms with E-state index in [4.69, 9.17) is 0 Å². The quantitative estimate of drug-likeness (QED) is 0.831. The van der Waals surface area contributed by atoms with Gasteiger partial charge in [-0.3, -0.25) is 0 Å². The summed E-state index contributed by atoms with van der Waals surface area (Å²) in [5, 5.41) is 3.39. The average molecular weight is 273 g/mol. The number of fused-ring (bicyclic) bond motifs is 1. The molecule has 1 heterocycles. The molecule has 0 amide bonds. The van der Waals surface area contributed by atoms with Crippen LogP contribution in [-0.4, -0.2) is 13.1 Å². The third-order valence-electron chi connectivity index (χ3n) is 3.94. The van der Waals surface area contributed by atoms with Crippen LogP contribution in [0.15, 0.2) is 36.4 Å². The van der Waals surface area contributed by atoms with Crippen molar-refractivity contribution in [1.82, 2.24) is 5.32 Å². The number of hydrogen-bond acceptors (Lipinski definition) is 1. The fraction of sp³-hybridized carbons (Fsp3) is 0.294. The number of nitrogens with one attached hydrogen (secondary N) is 1. The normalized spacial score (nSPS) is 18.4. The van der Waals surface area contributed by atoms with Gasteiger partial charge in [-0.2, -0.15) is 0 Å². The lowest BCUT2D eigenvalue weighted by atomic mass is 9.91. The molecular formula is C17H17F2N. The summed E-state index contributed by atoms with van der Waals surface area (Å²) in [7, 11) is 0. The van der Waals surface area contributed by atoms with Gasteiger partial charge in [0.15, 0.2) is 0 Å². The Morgan fingerprint density at radius 2 is 1.95 bits per heavy atom. The molecule has 0 bridgehead atoms. The third kappa shape index (κ3) is 2.46. The molecule has 0 radical (unpaired) electrons. The molecule has 1 nitrogen and oxygen atoms in total. The molecule has 0 fully saturated rings. The summed E-state index contributed by atoms with van der Waals surface area (Å²) in [5.74, 6) is -0.416. The van der Waals surface area contributed by atoms with Crippen LogP contribution in [0.25, 0.3) is 11.1 Å². The van der Waals surface area contributed by atoms with Gasteiger partial charge in [-0.25, -0.2) is 8.78 Å². The largest absolute Gasteiger partial charge is 0.316 e. The van der Waals surface area contributed by atoms with Gasteiger partial charge in [-0.05, 0) is 53.8 Å². The number of hydrogen-bond donors (Lipinski definition) is 1. The van der Waals surface area contributed by atoms with Gasteiger partial charge in [0, 0.05) is 12.1 Å². The van der Waals surface area contributed by atoms with E-state index >= 15 is 0 Å². The minimum absolute atomic E-state index is 0.331. The highest BCUT2D eigenvalue weighted by Gasteiger charge is 2.16. The molecule has 1 aliphatic heterocycles. The second-order valence-corrected chi connectivity index (χ2v) is 5.39. The zero-order valence-electron chi connectivity index (χ0n) is 11.4. The standard InChI is InChI=1S/C17H17F2N/c1-11-10-20-7-6-12-2-3-13(8-15(11)12)16-9-14(18)4-5-17(16)19/h2-5,8-9,11,20H,6-7,10H2,1H3/t11-/m1/s1. The van der Waals surface area contributed by atoms with Crippen molar-refractivity contribution < 1.29 is 8.78 Å². The van der Waals surface area contributed by atoms with Gasteiger partial charge in [-0.15, -0.1) is 0 Å². The van der Waals surface area contributed by atoms with Crippen molar-refractivity contribution in [3.8, 4) is 11.1 Å². The van der Waals surface area contributed by atoms with Crippen molar-refractivity contribution in [1.29, 1.82) is 0 Å². The number of benzene rings is 2. The van der Waals surface area contributed by atoms with Crippen LogP contribution in [0.2, 0.25) is 0 Å². The zero-order chi connectivity index (χ0) is 14.1. The summed E-state index contributed by atoms with van der Waals surface area (Å²) in [6.45, 7) is 4.04. The van der Waals surface area contributed by atoms with Gasteiger partial charge >= 0.3 is 0 Å². The molecule has 2 aromatic carbocycles. The Morgan fingerprint density at radius 1 is 1.10 bits per heavy atom. The Labute approximate surface area is 117 Å². The maximum Gasteiger partial charge on any atom is 0.131 e. The van der Waals surface area contributed by atoms with Crippen LogP contribution >= 0.6 is 0 Å². The highest BCUT2D eigenvalue weighted by molar-refractivity contribution is 5.66. The summed E-state index contributed by atoms with van der Waals surface area (Å²) in [4.78, 5) is 0. The van der Waals surface area contributed by atoms with Gasteiger partial charge in [0.05, 0.1) is 0 Å².